The summed E-state index contributed by atoms with van der Waals surface area (Å²) in [5, 5.41) is 12.3. The highest BCUT2D eigenvalue weighted by molar-refractivity contribution is 5.87. The van der Waals surface area contributed by atoms with Crippen molar-refractivity contribution >= 4 is 12.1 Å². The van der Waals surface area contributed by atoms with E-state index in [4.69, 9.17) is 9.47 Å². The predicted octanol–water partition coefficient (Wildman–Crippen LogP) is 5.26. The monoisotopic (exact) mass is 500 g/mol. The minimum Gasteiger partial charge on any atom is -0.489 e. The van der Waals surface area contributed by atoms with Gasteiger partial charge in [-0.2, -0.15) is 0 Å². The molecule has 0 aliphatic carbocycles. The summed E-state index contributed by atoms with van der Waals surface area (Å²) in [5.41, 5.74) is 2.79. The zero-order chi connectivity index (χ0) is 25.6. The van der Waals surface area contributed by atoms with Crippen molar-refractivity contribution in [3.63, 3.8) is 0 Å². The quantitative estimate of drug-likeness (QED) is 0.439. The molecule has 2 bridgehead atoms. The third-order valence-electron chi connectivity index (χ3n) is 7.10. The number of carbonyl (C=O) groups is 2. The molecule has 7 heteroatoms. The molecule has 37 heavy (non-hydrogen) atoms. The number of benzene rings is 3. The topological polar surface area (TPSA) is 88.1 Å². The Morgan fingerprint density at radius 2 is 1.78 bits per heavy atom. The third-order valence-corrected chi connectivity index (χ3v) is 7.10. The SMILES string of the molecule is O=C(N[C@@H](c1ccccc1)c1cccc(OCc2cccc(C(=O)O)c2)c1)O[C@@H]1CC2CCCN(C2)C1. The van der Waals surface area contributed by atoms with E-state index in [1.807, 2.05) is 60.7 Å². The maximum absolute atomic E-state index is 13.0. The molecule has 0 aromatic heterocycles. The molecular formula is C30H32N2O5. The smallest absolute Gasteiger partial charge is 0.408 e. The fourth-order valence-corrected chi connectivity index (χ4v) is 5.38. The van der Waals surface area contributed by atoms with Gasteiger partial charge in [0, 0.05) is 13.1 Å². The number of carboxylic acid groups (broad SMARTS) is 1. The van der Waals surface area contributed by atoms with E-state index in [9.17, 15) is 14.7 Å². The molecule has 2 heterocycles. The second-order valence-electron chi connectivity index (χ2n) is 9.89. The van der Waals surface area contributed by atoms with Crippen molar-refractivity contribution in [3.8, 4) is 5.75 Å². The molecule has 2 saturated heterocycles. The first-order valence-electron chi connectivity index (χ1n) is 12.8. The van der Waals surface area contributed by atoms with Gasteiger partial charge in [0.1, 0.15) is 18.5 Å². The number of hydrogen-bond donors (Lipinski definition) is 2. The Morgan fingerprint density at radius 3 is 2.59 bits per heavy atom. The maximum atomic E-state index is 13.0. The van der Waals surface area contributed by atoms with Gasteiger partial charge in [-0.15, -0.1) is 0 Å². The lowest BCUT2D eigenvalue weighted by Crippen LogP contribution is -2.49. The van der Waals surface area contributed by atoms with Crippen molar-refractivity contribution in [3.05, 3.63) is 101 Å². The lowest BCUT2D eigenvalue weighted by molar-refractivity contribution is 0.00134. The summed E-state index contributed by atoms with van der Waals surface area (Å²) in [6.07, 6.45) is 2.84. The molecule has 3 aromatic rings. The van der Waals surface area contributed by atoms with E-state index in [-0.39, 0.29) is 18.3 Å². The average molecular weight is 501 g/mol. The largest absolute Gasteiger partial charge is 0.489 e. The van der Waals surface area contributed by atoms with Gasteiger partial charge in [-0.3, -0.25) is 4.90 Å². The number of fused-ring (bicyclic) bond motifs is 2. The van der Waals surface area contributed by atoms with Crippen LogP contribution < -0.4 is 10.1 Å². The van der Waals surface area contributed by atoms with E-state index in [1.165, 1.54) is 12.8 Å². The highest BCUT2D eigenvalue weighted by Crippen LogP contribution is 2.29. The van der Waals surface area contributed by atoms with Gasteiger partial charge < -0.3 is 19.9 Å². The Hall–Kier alpha value is -3.84. The molecule has 192 valence electrons. The van der Waals surface area contributed by atoms with Gasteiger partial charge in [-0.25, -0.2) is 9.59 Å². The minimum absolute atomic E-state index is 0.0910. The number of carbonyl (C=O) groups excluding carboxylic acids is 1. The van der Waals surface area contributed by atoms with Crippen LogP contribution in [0.2, 0.25) is 0 Å². The van der Waals surface area contributed by atoms with Gasteiger partial charge >= 0.3 is 12.1 Å². The molecule has 1 amide bonds. The molecule has 0 spiro atoms. The zero-order valence-corrected chi connectivity index (χ0v) is 20.7. The normalized spacial score (nSPS) is 21.5. The zero-order valence-electron chi connectivity index (χ0n) is 20.7. The van der Waals surface area contributed by atoms with Crippen molar-refractivity contribution < 1.29 is 24.2 Å². The van der Waals surface area contributed by atoms with E-state index in [0.717, 1.165) is 42.7 Å². The van der Waals surface area contributed by atoms with Crippen molar-refractivity contribution in [2.45, 2.75) is 38.0 Å². The van der Waals surface area contributed by atoms with Crippen LogP contribution in [0.5, 0.6) is 5.75 Å². The lowest BCUT2D eigenvalue weighted by atomic mass is 9.88. The summed E-state index contributed by atoms with van der Waals surface area (Å²) >= 11 is 0. The van der Waals surface area contributed by atoms with E-state index in [0.29, 0.717) is 11.7 Å². The second-order valence-corrected chi connectivity index (χ2v) is 9.89. The van der Waals surface area contributed by atoms with Crippen LogP contribution in [0, 0.1) is 5.92 Å². The summed E-state index contributed by atoms with van der Waals surface area (Å²) in [6.45, 7) is 3.22. The number of ether oxygens (including phenoxy) is 2. The van der Waals surface area contributed by atoms with Gasteiger partial charge in [-0.1, -0.05) is 54.6 Å². The number of alkyl carbamates (subject to hydrolysis) is 1. The van der Waals surface area contributed by atoms with Gasteiger partial charge in [0.2, 0.25) is 0 Å². The Balaban J connectivity index is 1.29. The number of nitrogens with zero attached hydrogens (tertiary/aromatic N) is 1. The van der Waals surface area contributed by atoms with Gasteiger partial charge in [0.25, 0.3) is 0 Å². The molecule has 3 aromatic carbocycles. The lowest BCUT2D eigenvalue weighted by Gasteiger charge is -2.41. The molecule has 2 unspecified atom stereocenters. The molecule has 2 fully saturated rings. The van der Waals surface area contributed by atoms with Crippen molar-refractivity contribution in [1.82, 2.24) is 10.2 Å². The van der Waals surface area contributed by atoms with Crippen LogP contribution in [-0.2, 0) is 11.3 Å². The van der Waals surface area contributed by atoms with E-state index >= 15 is 0 Å². The molecule has 7 nitrogen and oxygen atoms in total. The number of hydrogen-bond acceptors (Lipinski definition) is 5. The first-order chi connectivity index (χ1) is 18.0. The predicted molar refractivity (Wildman–Crippen MR) is 140 cm³/mol. The standard InChI is InChI=1S/C30H32N2O5/c33-29(34)25-12-4-7-22(15-25)20-36-26-13-5-11-24(17-26)28(23-9-2-1-3-10-23)31-30(35)37-27-16-21-8-6-14-32(18-21)19-27/h1-5,7,9-13,15,17,21,27-28H,6,8,14,16,18-20H2,(H,31,35)(H,33,34)/t21?,27-,28+/m1/s1. The summed E-state index contributed by atoms with van der Waals surface area (Å²) < 4.78 is 11.9. The van der Waals surface area contributed by atoms with Crippen LogP contribution in [0.15, 0.2) is 78.9 Å². The van der Waals surface area contributed by atoms with Crippen LogP contribution in [0.1, 0.15) is 52.4 Å². The molecule has 0 saturated carbocycles. The number of nitrogens with one attached hydrogen (secondary N) is 1. The van der Waals surface area contributed by atoms with Crippen molar-refractivity contribution in [2.75, 3.05) is 19.6 Å². The van der Waals surface area contributed by atoms with Crippen molar-refractivity contribution in [1.29, 1.82) is 0 Å². The summed E-state index contributed by atoms with van der Waals surface area (Å²) in [7, 11) is 0. The van der Waals surface area contributed by atoms with E-state index < -0.39 is 18.1 Å². The third kappa shape index (κ3) is 6.49. The summed E-state index contributed by atoms with van der Waals surface area (Å²) in [4.78, 5) is 26.7. The van der Waals surface area contributed by atoms with E-state index in [1.54, 1.807) is 18.2 Å². The number of piperidine rings is 2. The minimum atomic E-state index is -0.971. The van der Waals surface area contributed by atoms with Crippen LogP contribution >= 0.6 is 0 Å². The maximum Gasteiger partial charge on any atom is 0.408 e. The summed E-state index contributed by atoms with van der Waals surface area (Å²) in [5.74, 6) is 0.263. The van der Waals surface area contributed by atoms with Crippen LogP contribution in [0.4, 0.5) is 4.79 Å². The molecular weight excluding hydrogens is 468 g/mol. The Kier molecular flexibility index (Phi) is 7.70. The fraction of sp³-hybridized carbons (Fsp3) is 0.333. The molecule has 2 aliphatic heterocycles. The molecule has 4 atom stereocenters. The second kappa shape index (κ2) is 11.5. The molecule has 2 aliphatic rings. The molecule has 5 rings (SSSR count). The first-order valence-corrected chi connectivity index (χ1v) is 12.8. The van der Waals surface area contributed by atoms with Crippen molar-refractivity contribution in [2.24, 2.45) is 5.92 Å². The highest BCUT2D eigenvalue weighted by Gasteiger charge is 2.32. The molecule has 2 N–H and O–H groups in total. The van der Waals surface area contributed by atoms with Gasteiger partial charge in [0.15, 0.2) is 0 Å². The van der Waals surface area contributed by atoms with E-state index in [2.05, 4.69) is 10.2 Å². The van der Waals surface area contributed by atoms with Gasteiger partial charge in [0.05, 0.1) is 11.6 Å². The number of aromatic carboxylic acids is 1. The Labute approximate surface area is 217 Å². The number of carboxylic acids is 1. The average Bonchev–Trinajstić information content (AvgIpc) is 2.91. The number of rotatable bonds is 8. The highest BCUT2D eigenvalue weighted by atomic mass is 16.6. The van der Waals surface area contributed by atoms with Crippen LogP contribution in [0.3, 0.4) is 0 Å². The Morgan fingerprint density at radius 1 is 0.973 bits per heavy atom. The fourth-order valence-electron chi connectivity index (χ4n) is 5.38. The first kappa shape index (κ1) is 24.8. The molecule has 0 radical (unpaired) electrons. The summed E-state index contributed by atoms with van der Waals surface area (Å²) in [6, 6.07) is 23.7. The number of amides is 1. The Bertz CT molecular complexity index is 1220. The van der Waals surface area contributed by atoms with Crippen LogP contribution in [-0.4, -0.2) is 47.8 Å². The van der Waals surface area contributed by atoms with Crippen LogP contribution in [0.25, 0.3) is 0 Å². The van der Waals surface area contributed by atoms with Gasteiger partial charge in [-0.05, 0) is 72.7 Å².